The molecular formula is C24H19FN4O5S. The van der Waals surface area contributed by atoms with E-state index in [0.717, 1.165) is 15.3 Å². The molecule has 1 aliphatic rings. The summed E-state index contributed by atoms with van der Waals surface area (Å²) in [7, 11) is -4.13. The molecule has 0 bridgehead atoms. The van der Waals surface area contributed by atoms with Crippen LogP contribution in [0, 0.1) is 24.1 Å². The SMILES string of the molecule is Cc1c2n(c(=O)n(Cc3ccc(C#N)cc3)c1=O)C=C(C(=O)NCc1ccc(F)cc1)S(=O)(=O)C2. The molecule has 0 saturated carbocycles. The Labute approximate surface area is 199 Å². The van der Waals surface area contributed by atoms with Crippen LogP contribution in [0.4, 0.5) is 4.39 Å². The van der Waals surface area contributed by atoms with Crippen LogP contribution in [-0.2, 0) is 33.5 Å². The van der Waals surface area contributed by atoms with E-state index in [0.29, 0.717) is 16.7 Å². The van der Waals surface area contributed by atoms with Crippen molar-refractivity contribution in [2.45, 2.75) is 25.8 Å². The molecule has 3 aromatic rings. The maximum absolute atomic E-state index is 13.2. The second-order valence-corrected chi connectivity index (χ2v) is 9.94. The van der Waals surface area contributed by atoms with E-state index in [1.807, 2.05) is 6.07 Å². The summed E-state index contributed by atoms with van der Waals surface area (Å²) in [6.45, 7) is 1.27. The van der Waals surface area contributed by atoms with Gasteiger partial charge >= 0.3 is 5.69 Å². The molecule has 0 radical (unpaired) electrons. The number of nitrogens with one attached hydrogen (secondary N) is 1. The van der Waals surface area contributed by atoms with Crippen molar-refractivity contribution >= 4 is 21.9 Å². The maximum Gasteiger partial charge on any atom is 0.335 e. The summed E-state index contributed by atoms with van der Waals surface area (Å²) >= 11 is 0. The number of sulfone groups is 1. The number of rotatable bonds is 5. The zero-order valence-corrected chi connectivity index (χ0v) is 19.3. The van der Waals surface area contributed by atoms with E-state index >= 15 is 0 Å². The lowest BCUT2D eigenvalue weighted by molar-refractivity contribution is -0.116. The van der Waals surface area contributed by atoms with Gasteiger partial charge in [0.25, 0.3) is 11.5 Å². The van der Waals surface area contributed by atoms with Gasteiger partial charge < -0.3 is 5.32 Å². The predicted molar refractivity (Wildman–Crippen MR) is 125 cm³/mol. The molecule has 1 N–H and O–H groups in total. The van der Waals surface area contributed by atoms with Gasteiger partial charge in [0, 0.05) is 18.3 Å². The summed E-state index contributed by atoms with van der Waals surface area (Å²) in [5.41, 5.74) is 0.196. The van der Waals surface area contributed by atoms with Gasteiger partial charge in [-0.1, -0.05) is 24.3 Å². The van der Waals surface area contributed by atoms with Crippen LogP contribution in [0.2, 0.25) is 0 Å². The lowest BCUT2D eigenvalue weighted by Gasteiger charge is -2.21. The Morgan fingerprint density at radius 1 is 1.09 bits per heavy atom. The molecule has 35 heavy (non-hydrogen) atoms. The first-order valence-electron chi connectivity index (χ1n) is 10.4. The largest absolute Gasteiger partial charge is 0.347 e. The highest BCUT2D eigenvalue weighted by Gasteiger charge is 2.33. The van der Waals surface area contributed by atoms with Crippen LogP contribution in [0.25, 0.3) is 6.20 Å². The van der Waals surface area contributed by atoms with E-state index in [4.69, 9.17) is 5.26 Å². The second-order valence-electron chi connectivity index (χ2n) is 7.99. The molecule has 11 heteroatoms. The molecule has 0 spiro atoms. The van der Waals surface area contributed by atoms with Crippen LogP contribution in [0.1, 0.15) is 27.9 Å². The van der Waals surface area contributed by atoms with Crippen molar-refractivity contribution in [3.8, 4) is 6.07 Å². The van der Waals surface area contributed by atoms with Gasteiger partial charge in [-0.2, -0.15) is 5.26 Å². The Hall–Kier alpha value is -4.30. The summed E-state index contributed by atoms with van der Waals surface area (Å²) in [4.78, 5) is 38.2. The molecule has 1 aromatic heterocycles. The van der Waals surface area contributed by atoms with Crippen molar-refractivity contribution in [1.82, 2.24) is 14.5 Å². The molecule has 178 valence electrons. The first-order valence-corrected chi connectivity index (χ1v) is 12.1. The number of hydrogen-bond acceptors (Lipinski definition) is 6. The lowest BCUT2D eigenvalue weighted by Crippen LogP contribution is -2.44. The van der Waals surface area contributed by atoms with Gasteiger partial charge in [-0.15, -0.1) is 0 Å². The van der Waals surface area contributed by atoms with Crippen LogP contribution in [0.15, 0.2) is 63.0 Å². The van der Waals surface area contributed by atoms with Crippen LogP contribution in [-0.4, -0.2) is 23.5 Å². The highest BCUT2D eigenvalue weighted by molar-refractivity contribution is 7.95. The highest BCUT2D eigenvalue weighted by atomic mass is 32.2. The summed E-state index contributed by atoms with van der Waals surface area (Å²) in [6.07, 6.45) is 0.929. The van der Waals surface area contributed by atoms with Crippen molar-refractivity contribution in [2.75, 3.05) is 0 Å². The van der Waals surface area contributed by atoms with Gasteiger partial charge in [0.2, 0.25) is 0 Å². The normalized spacial score (nSPS) is 13.9. The number of amides is 1. The van der Waals surface area contributed by atoms with E-state index in [9.17, 15) is 27.2 Å². The van der Waals surface area contributed by atoms with Crippen LogP contribution >= 0.6 is 0 Å². The third-order valence-corrected chi connectivity index (χ3v) is 7.26. The summed E-state index contributed by atoms with van der Waals surface area (Å²) in [5, 5.41) is 11.4. The van der Waals surface area contributed by atoms with E-state index in [-0.39, 0.29) is 24.3 Å². The molecular weight excluding hydrogens is 475 g/mol. The van der Waals surface area contributed by atoms with Crippen molar-refractivity contribution in [3.05, 3.63) is 108 Å². The van der Waals surface area contributed by atoms with Gasteiger partial charge in [-0.3, -0.25) is 18.7 Å². The molecule has 0 atom stereocenters. The molecule has 0 fully saturated rings. The number of nitrogens with zero attached hydrogens (tertiary/aromatic N) is 3. The Morgan fingerprint density at radius 3 is 2.34 bits per heavy atom. The van der Waals surface area contributed by atoms with Gasteiger partial charge in [0.1, 0.15) is 10.7 Å². The second kappa shape index (κ2) is 9.15. The van der Waals surface area contributed by atoms with Gasteiger partial charge in [-0.25, -0.2) is 17.6 Å². The van der Waals surface area contributed by atoms with E-state index in [1.54, 1.807) is 24.3 Å². The molecule has 1 aliphatic heterocycles. The average Bonchev–Trinajstić information content (AvgIpc) is 2.84. The van der Waals surface area contributed by atoms with Gasteiger partial charge in [0.15, 0.2) is 9.84 Å². The van der Waals surface area contributed by atoms with Crippen LogP contribution in [0.3, 0.4) is 0 Å². The zero-order valence-electron chi connectivity index (χ0n) is 18.5. The minimum Gasteiger partial charge on any atom is -0.347 e. The average molecular weight is 495 g/mol. The van der Waals surface area contributed by atoms with Crippen LogP contribution < -0.4 is 16.6 Å². The van der Waals surface area contributed by atoms with Crippen molar-refractivity contribution in [2.24, 2.45) is 0 Å². The maximum atomic E-state index is 13.2. The number of halogens is 1. The number of hydrogen-bond donors (Lipinski definition) is 1. The Balaban J connectivity index is 1.71. The minimum absolute atomic E-state index is 0.00818. The number of carbonyl (C=O) groups excluding carboxylic acids is 1. The monoisotopic (exact) mass is 494 g/mol. The van der Waals surface area contributed by atoms with Gasteiger partial charge in [-0.05, 0) is 42.3 Å². The summed E-state index contributed by atoms with van der Waals surface area (Å²) in [6, 6.07) is 13.6. The minimum atomic E-state index is -4.13. The Morgan fingerprint density at radius 2 is 1.71 bits per heavy atom. The molecule has 2 heterocycles. The Kier molecular flexibility index (Phi) is 6.24. The molecule has 0 saturated heterocycles. The van der Waals surface area contributed by atoms with Crippen LogP contribution in [0.5, 0.6) is 0 Å². The highest BCUT2D eigenvalue weighted by Crippen LogP contribution is 2.22. The lowest BCUT2D eigenvalue weighted by atomic mass is 10.1. The zero-order chi connectivity index (χ0) is 25.3. The number of fused-ring (bicyclic) bond motifs is 1. The number of carbonyl (C=O) groups is 1. The van der Waals surface area contributed by atoms with Crippen molar-refractivity contribution < 1.29 is 17.6 Å². The Bertz CT molecular complexity index is 1630. The summed E-state index contributed by atoms with van der Waals surface area (Å²) in [5.74, 6) is -2.05. The molecule has 0 unspecified atom stereocenters. The number of aromatic nitrogens is 2. The quantitative estimate of drug-likeness (QED) is 0.571. The van der Waals surface area contributed by atoms with Gasteiger partial charge in [0.05, 0.1) is 29.6 Å². The fraction of sp³-hybridized carbons (Fsp3) is 0.167. The summed E-state index contributed by atoms with van der Waals surface area (Å²) < 4.78 is 40.7. The first-order chi connectivity index (χ1) is 16.6. The molecule has 1 amide bonds. The molecule has 9 nitrogen and oxygen atoms in total. The first kappa shape index (κ1) is 23.8. The standard InChI is InChI=1S/C24H19FN4O5S/c1-15-20-14-35(33,34)21(22(30)27-11-17-6-8-19(25)9-7-17)13-28(20)24(32)29(23(15)31)12-18-4-2-16(10-26)3-5-18/h2-9,13H,11-12,14H2,1H3,(H,27,30). The number of nitriles is 1. The van der Waals surface area contributed by atoms with E-state index in [2.05, 4.69) is 5.32 Å². The van der Waals surface area contributed by atoms with E-state index in [1.165, 1.54) is 31.2 Å². The van der Waals surface area contributed by atoms with Crippen molar-refractivity contribution in [3.63, 3.8) is 0 Å². The molecule has 4 rings (SSSR count). The topological polar surface area (TPSA) is 131 Å². The fourth-order valence-corrected chi connectivity index (χ4v) is 5.18. The third kappa shape index (κ3) is 4.69. The fourth-order valence-electron chi connectivity index (χ4n) is 3.68. The third-order valence-electron chi connectivity index (χ3n) is 5.65. The predicted octanol–water partition coefficient (Wildman–Crippen LogP) is 1.42. The molecule has 0 aliphatic carbocycles. The molecule has 2 aromatic carbocycles. The van der Waals surface area contributed by atoms with E-state index < -0.39 is 43.5 Å². The van der Waals surface area contributed by atoms with Crippen molar-refractivity contribution in [1.29, 1.82) is 5.26 Å². The number of benzene rings is 2. The smallest absolute Gasteiger partial charge is 0.335 e.